The molecule has 0 amide bonds. The van der Waals surface area contributed by atoms with Crippen molar-refractivity contribution in [1.29, 1.82) is 0 Å². The molecule has 4 aliphatic rings. The maximum Gasteiger partial charge on any atom is 0.303 e. The van der Waals surface area contributed by atoms with E-state index in [1.54, 1.807) is 20.8 Å². The van der Waals surface area contributed by atoms with E-state index in [2.05, 4.69) is 15.9 Å². The van der Waals surface area contributed by atoms with Crippen LogP contribution >= 0.6 is 15.9 Å². The quantitative estimate of drug-likeness (QED) is 0.219. The summed E-state index contributed by atoms with van der Waals surface area (Å²) in [4.78, 5) is 37.5. The van der Waals surface area contributed by atoms with Gasteiger partial charge in [-0.25, -0.2) is 0 Å². The predicted molar refractivity (Wildman–Crippen MR) is 148 cm³/mol. The lowest BCUT2D eigenvalue weighted by atomic mass is 9.44. The summed E-state index contributed by atoms with van der Waals surface area (Å²) < 4.78 is 64.7. The van der Waals surface area contributed by atoms with E-state index in [0.717, 1.165) is 25.5 Å². The zero-order chi connectivity index (χ0) is 31.1. The fourth-order valence-electron chi connectivity index (χ4n) is 8.00. The molecule has 0 heterocycles. The number of rotatable bonds is 7. The third-order valence-corrected chi connectivity index (χ3v) is 12.7. The Morgan fingerprint density at radius 3 is 2.24 bits per heavy atom. The third-order valence-electron chi connectivity index (χ3n) is 9.66. The lowest BCUT2D eigenvalue weighted by molar-refractivity contribution is -0.192. The standard InChI is InChI=1S/C26H35BrO12S2/c1-13-9-16-20-22(39-41(6,35)36)21(38-40(5,33)34)17-10-15(29)7-8-23(17,3)25(20,27)18(30)11-24(16,4)26(13,32)19(31)12-37-14(2)28/h7-8,10,13,16,18,20-22,30,32H,9,11-12H2,1-6H3/t13?,16-,18?,20+,21?,22?,23-,24-,25+,26-/m0/s1. The molecule has 15 heteroatoms. The molecule has 0 radical (unpaired) electrons. The molecule has 3 fully saturated rings. The summed E-state index contributed by atoms with van der Waals surface area (Å²) in [6.07, 6.45) is 0.898. The van der Waals surface area contributed by atoms with E-state index in [1.165, 1.54) is 12.2 Å². The van der Waals surface area contributed by atoms with Crippen molar-refractivity contribution in [2.24, 2.45) is 28.6 Å². The Morgan fingerprint density at radius 1 is 1.12 bits per heavy atom. The van der Waals surface area contributed by atoms with Gasteiger partial charge in [0.1, 0.15) is 17.8 Å². The topological polar surface area (TPSA) is 188 Å². The van der Waals surface area contributed by atoms with Crippen molar-refractivity contribution in [1.82, 2.24) is 0 Å². The van der Waals surface area contributed by atoms with E-state index >= 15 is 0 Å². The lowest BCUT2D eigenvalue weighted by Crippen LogP contribution is -2.74. The molecule has 0 spiro atoms. The second kappa shape index (κ2) is 10.0. The highest BCUT2D eigenvalue weighted by Crippen LogP contribution is 2.72. The smallest absolute Gasteiger partial charge is 0.303 e. The van der Waals surface area contributed by atoms with Crippen LogP contribution in [0.2, 0.25) is 0 Å². The molecule has 41 heavy (non-hydrogen) atoms. The van der Waals surface area contributed by atoms with Crippen molar-refractivity contribution in [2.75, 3.05) is 19.1 Å². The summed E-state index contributed by atoms with van der Waals surface area (Å²) in [5.41, 5.74) is -4.73. The molecule has 4 rings (SSSR count). The molecule has 0 saturated heterocycles. The number of fused-ring (bicyclic) bond motifs is 5. The van der Waals surface area contributed by atoms with E-state index in [-0.39, 0.29) is 18.4 Å². The lowest BCUT2D eigenvalue weighted by Gasteiger charge is -2.66. The van der Waals surface area contributed by atoms with Crippen molar-refractivity contribution < 1.29 is 54.5 Å². The summed E-state index contributed by atoms with van der Waals surface area (Å²) in [6.45, 7) is 5.30. The first-order valence-corrected chi connectivity index (χ1v) is 17.4. The van der Waals surface area contributed by atoms with Crippen LogP contribution in [0.25, 0.3) is 0 Å². The molecule has 0 aromatic carbocycles. The van der Waals surface area contributed by atoms with E-state index in [1.807, 2.05) is 0 Å². The second-order valence-corrected chi connectivity index (χ2v) is 16.7. The van der Waals surface area contributed by atoms with Crippen molar-refractivity contribution in [3.63, 3.8) is 0 Å². The molecule has 0 aliphatic heterocycles. The Labute approximate surface area is 247 Å². The number of halogens is 1. The van der Waals surface area contributed by atoms with Crippen LogP contribution in [0.5, 0.6) is 0 Å². The number of hydrogen-bond acceptors (Lipinski definition) is 12. The molecule has 0 bridgehead atoms. The molecule has 0 aromatic heterocycles. The zero-order valence-corrected chi connectivity index (χ0v) is 26.7. The van der Waals surface area contributed by atoms with Gasteiger partial charge in [-0.15, -0.1) is 0 Å². The average Bonchev–Trinajstić information content (AvgIpc) is 3.01. The van der Waals surface area contributed by atoms with Crippen LogP contribution in [0.3, 0.4) is 0 Å². The number of aliphatic hydroxyl groups excluding tert-OH is 1. The molecule has 0 aromatic rings. The van der Waals surface area contributed by atoms with Gasteiger partial charge in [-0.2, -0.15) is 16.8 Å². The molecular weight excluding hydrogens is 648 g/mol. The van der Waals surface area contributed by atoms with Crippen molar-refractivity contribution in [3.05, 3.63) is 23.8 Å². The predicted octanol–water partition coefficient (Wildman–Crippen LogP) is 0.801. The number of ketones is 2. The van der Waals surface area contributed by atoms with Gasteiger partial charge in [0.05, 0.1) is 22.9 Å². The minimum atomic E-state index is -4.30. The molecule has 4 aliphatic carbocycles. The van der Waals surface area contributed by atoms with Gasteiger partial charge in [0.2, 0.25) is 5.78 Å². The summed E-state index contributed by atoms with van der Waals surface area (Å²) in [5, 5.41) is 24.0. The Kier molecular flexibility index (Phi) is 7.93. The second-order valence-electron chi connectivity index (χ2n) is 12.2. The van der Waals surface area contributed by atoms with Gasteiger partial charge in [0.15, 0.2) is 12.4 Å². The number of alkyl halides is 1. The van der Waals surface area contributed by atoms with Crippen molar-refractivity contribution in [3.8, 4) is 0 Å². The van der Waals surface area contributed by atoms with E-state index in [9.17, 15) is 41.4 Å². The van der Waals surface area contributed by atoms with Gasteiger partial charge in [0.25, 0.3) is 20.2 Å². The Morgan fingerprint density at radius 2 is 1.71 bits per heavy atom. The number of ether oxygens (including phenoxy) is 1. The molecule has 3 saturated carbocycles. The summed E-state index contributed by atoms with van der Waals surface area (Å²) in [7, 11) is -8.56. The van der Waals surface area contributed by atoms with Gasteiger partial charge < -0.3 is 14.9 Å². The molecule has 10 atom stereocenters. The van der Waals surface area contributed by atoms with E-state index in [4.69, 9.17) is 13.1 Å². The SMILES string of the molecule is CC(=O)OCC(=O)[C@@]1(O)C(C)C[C@H]2[C@@H]3C(OS(C)(=O)=O)C(OS(C)(=O)=O)C4=CC(=O)C=C[C@]4(C)[C@@]3(Br)C(O)C[C@@]21C. The van der Waals surface area contributed by atoms with Gasteiger partial charge in [-0.3, -0.25) is 22.7 Å². The van der Waals surface area contributed by atoms with Crippen LogP contribution in [0.4, 0.5) is 0 Å². The first-order chi connectivity index (χ1) is 18.5. The molecular formula is C26H35BrO12S2. The highest BCUT2D eigenvalue weighted by Gasteiger charge is 2.78. The third kappa shape index (κ3) is 4.89. The summed E-state index contributed by atoms with van der Waals surface area (Å²) >= 11 is 3.75. The highest BCUT2D eigenvalue weighted by molar-refractivity contribution is 9.10. The highest BCUT2D eigenvalue weighted by atomic mass is 79.9. The largest absolute Gasteiger partial charge is 0.458 e. The Hall–Kier alpha value is -1.49. The fourth-order valence-corrected chi connectivity index (χ4v) is 10.3. The minimum Gasteiger partial charge on any atom is -0.458 e. The number of aliphatic hydroxyl groups is 2. The van der Waals surface area contributed by atoms with Gasteiger partial charge in [0, 0.05) is 23.7 Å². The van der Waals surface area contributed by atoms with Crippen LogP contribution in [-0.4, -0.2) is 91.9 Å². The number of carbonyl (C=O) groups is 3. The number of Topliss-reactive ketones (excluding diaryl/α,β-unsaturated/α-hetero) is 1. The number of hydrogen-bond donors (Lipinski definition) is 2. The monoisotopic (exact) mass is 682 g/mol. The van der Waals surface area contributed by atoms with Crippen LogP contribution in [0.15, 0.2) is 23.8 Å². The zero-order valence-electron chi connectivity index (χ0n) is 23.5. The maximum absolute atomic E-state index is 13.5. The first-order valence-electron chi connectivity index (χ1n) is 13.0. The van der Waals surface area contributed by atoms with Crippen LogP contribution in [-0.2, 0) is 47.7 Å². The summed E-state index contributed by atoms with van der Waals surface area (Å²) in [6, 6.07) is 0. The molecule has 12 nitrogen and oxygen atoms in total. The fraction of sp³-hybridized carbons (Fsp3) is 0.731. The molecule has 230 valence electrons. The summed E-state index contributed by atoms with van der Waals surface area (Å²) in [5.74, 6) is -4.59. The normalized spacial score (nSPS) is 43.9. The first kappa shape index (κ1) is 32.4. The maximum atomic E-state index is 13.5. The van der Waals surface area contributed by atoms with Gasteiger partial charge >= 0.3 is 5.97 Å². The van der Waals surface area contributed by atoms with Crippen LogP contribution in [0.1, 0.15) is 40.5 Å². The molecule has 4 unspecified atom stereocenters. The number of esters is 1. The van der Waals surface area contributed by atoms with E-state index in [0.29, 0.717) is 0 Å². The Balaban J connectivity index is 1.99. The molecule has 2 N–H and O–H groups in total. The number of allylic oxidation sites excluding steroid dienone is 3. The minimum absolute atomic E-state index is 0.0899. The van der Waals surface area contributed by atoms with E-state index < -0.39 is 101 Å². The average molecular weight is 684 g/mol. The van der Waals surface area contributed by atoms with Crippen molar-refractivity contribution >= 4 is 53.7 Å². The number of carbonyl (C=O) groups excluding carboxylic acids is 3. The van der Waals surface area contributed by atoms with Crippen molar-refractivity contribution in [2.45, 2.75) is 68.8 Å². The van der Waals surface area contributed by atoms with Gasteiger partial charge in [-0.05, 0) is 42.4 Å². The van der Waals surface area contributed by atoms with Gasteiger partial charge in [-0.1, -0.05) is 42.8 Å². The van der Waals surface area contributed by atoms with Crippen LogP contribution < -0.4 is 0 Å². The van der Waals surface area contributed by atoms with Crippen LogP contribution in [0, 0.1) is 28.6 Å². The Bertz CT molecular complexity index is 1450.